The Morgan fingerprint density at radius 3 is 2.32 bits per heavy atom. The van der Waals surface area contributed by atoms with Crippen molar-refractivity contribution in [2.75, 3.05) is 16.6 Å². The Kier molecular flexibility index (Phi) is 6.09. The summed E-state index contributed by atoms with van der Waals surface area (Å²) in [4.78, 5) is 13.2. The van der Waals surface area contributed by atoms with Gasteiger partial charge in [-0.1, -0.05) is 66.2 Å². The van der Waals surface area contributed by atoms with Crippen LogP contribution in [0.15, 0.2) is 78.9 Å². The molecule has 0 aliphatic carbocycles. The number of amides is 1. The summed E-state index contributed by atoms with van der Waals surface area (Å²) in [6.07, 6.45) is 1.49. The lowest BCUT2D eigenvalue weighted by Gasteiger charge is -2.28. The number of aryl methyl sites for hydroxylation is 1. The Labute approximate surface area is 183 Å². The molecule has 0 spiro atoms. The molecular formula is C25H26N2O3S. The van der Waals surface area contributed by atoms with E-state index in [1.165, 1.54) is 4.31 Å². The van der Waals surface area contributed by atoms with Crippen molar-refractivity contribution in [1.29, 1.82) is 0 Å². The van der Waals surface area contributed by atoms with Crippen LogP contribution < -0.4 is 9.62 Å². The predicted molar refractivity (Wildman–Crippen MR) is 124 cm³/mol. The van der Waals surface area contributed by atoms with E-state index in [0.717, 1.165) is 23.1 Å². The van der Waals surface area contributed by atoms with Gasteiger partial charge < -0.3 is 5.32 Å². The van der Waals surface area contributed by atoms with E-state index in [0.29, 0.717) is 24.2 Å². The largest absolute Gasteiger partial charge is 0.341 e. The van der Waals surface area contributed by atoms with Crippen LogP contribution in [0.1, 0.15) is 45.9 Å². The topological polar surface area (TPSA) is 66.5 Å². The van der Waals surface area contributed by atoms with Gasteiger partial charge in [-0.3, -0.25) is 9.10 Å². The number of anilines is 1. The van der Waals surface area contributed by atoms with Gasteiger partial charge in [0.25, 0.3) is 5.91 Å². The van der Waals surface area contributed by atoms with Gasteiger partial charge in [0, 0.05) is 12.1 Å². The number of sulfonamides is 1. The highest BCUT2D eigenvalue weighted by Crippen LogP contribution is 2.26. The number of carbonyl (C=O) groups is 1. The van der Waals surface area contributed by atoms with Crippen molar-refractivity contribution >= 4 is 21.6 Å². The minimum absolute atomic E-state index is 0.146. The molecule has 6 heteroatoms. The molecule has 1 saturated heterocycles. The van der Waals surface area contributed by atoms with E-state index in [4.69, 9.17) is 0 Å². The summed E-state index contributed by atoms with van der Waals surface area (Å²) in [5, 5.41) is 3.13. The molecule has 1 amide bonds. The van der Waals surface area contributed by atoms with E-state index in [2.05, 4.69) is 5.32 Å². The van der Waals surface area contributed by atoms with Crippen LogP contribution in [-0.4, -0.2) is 26.6 Å². The minimum atomic E-state index is -3.33. The lowest BCUT2D eigenvalue weighted by atomic mass is 9.97. The monoisotopic (exact) mass is 434 g/mol. The quantitative estimate of drug-likeness (QED) is 0.645. The first kappa shape index (κ1) is 21.1. The first-order valence-electron chi connectivity index (χ1n) is 10.5. The molecule has 1 heterocycles. The van der Waals surface area contributed by atoms with Crippen molar-refractivity contribution in [2.45, 2.75) is 25.8 Å². The molecular weight excluding hydrogens is 408 g/mol. The fourth-order valence-electron chi connectivity index (χ4n) is 3.86. The molecule has 160 valence electrons. The van der Waals surface area contributed by atoms with Gasteiger partial charge in [-0.25, -0.2) is 8.42 Å². The van der Waals surface area contributed by atoms with Crippen LogP contribution in [0, 0.1) is 6.92 Å². The first-order chi connectivity index (χ1) is 14.9. The predicted octanol–water partition coefficient (Wildman–Crippen LogP) is 4.44. The summed E-state index contributed by atoms with van der Waals surface area (Å²) in [5.41, 5.74) is 4.09. The van der Waals surface area contributed by atoms with Gasteiger partial charge in [0.05, 0.1) is 17.5 Å². The molecule has 0 saturated carbocycles. The molecule has 5 nitrogen and oxygen atoms in total. The lowest BCUT2D eigenvalue weighted by Crippen LogP contribution is -2.38. The molecule has 31 heavy (non-hydrogen) atoms. The number of nitrogens with zero attached hydrogens (tertiary/aromatic N) is 1. The number of nitrogens with one attached hydrogen (secondary N) is 1. The highest BCUT2D eigenvalue weighted by atomic mass is 32.2. The average molecular weight is 435 g/mol. The summed E-state index contributed by atoms with van der Waals surface area (Å²) in [7, 11) is -3.33. The molecule has 1 unspecified atom stereocenters. The Morgan fingerprint density at radius 2 is 1.61 bits per heavy atom. The summed E-state index contributed by atoms with van der Waals surface area (Å²) in [6.45, 7) is 2.48. The number of hydrogen-bond acceptors (Lipinski definition) is 3. The third-order valence-electron chi connectivity index (χ3n) is 5.56. The van der Waals surface area contributed by atoms with Crippen LogP contribution in [0.25, 0.3) is 0 Å². The number of carbonyl (C=O) groups excluding carboxylic acids is 1. The van der Waals surface area contributed by atoms with E-state index >= 15 is 0 Å². The lowest BCUT2D eigenvalue weighted by molar-refractivity contribution is 0.0943. The molecule has 3 aromatic rings. The Morgan fingerprint density at radius 1 is 0.903 bits per heavy atom. The van der Waals surface area contributed by atoms with Gasteiger partial charge in [-0.05, 0) is 49.1 Å². The van der Waals surface area contributed by atoms with Crippen LogP contribution in [-0.2, 0) is 10.0 Å². The molecule has 1 fully saturated rings. The third-order valence-corrected chi connectivity index (χ3v) is 7.43. The molecule has 0 bridgehead atoms. The summed E-state index contributed by atoms with van der Waals surface area (Å²) in [6, 6.07) is 24.5. The van der Waals surface area contributed by atoms with Crippen molar-refractivity contribution in [1.82, 2.24) is 5.32 Å². The first-order valence-corrected chi connectivity index (χ1v) is 12.1. The molecule has 4 rings (SSSR count). The fourth-order valence-corrected chi connectivity index (χ4v) is 5.49. The molecule has 1 N–H and O–H groups in total. The van der Waals surface area contributed by atoms with Crippen molar-refractivity contribution < 1.29 is 13.2 Å². The van der Waals surface area contributed by atoms with Crippen LogP contribution >= 0.6 is 0 Å². The summed E-state index contributed by atoms with van der Waals surface area (Å²) >= 11 is 0. The summed E-state index contributed by atoms with van der Waals surface area (Å²) in [5.74, 6) is -0.0990. The second-order valence-corrected chi connectivity index (χ2v) is 9.89. The van der Waals surface area contributed by atoms with Crippen molar-refractivity contribution in [2.24, 2.45) is 0 Å². The van der Waals surface area contributed by atoms with Gasteiger partial charge in [0.15, 0.2) is 0 Å². The number of hydrogen-bond donors (Lipinski definition) is 1. The smallest absolute Gasteiger partial charge is 0.252 e. The fraction of sp³-hybridized carbons (Fsp3) is 0.240. The molecule has 1 atom stereocenters. The van der Waals surface area contributed by atoms with Crippen LogP contribution in [0.4, 0.5) is 5.69 Å². The zero-order valence-corrected chi connectivity index (χ0v) is 18.3. The van der Waals surface area contributed by atoms with Crippen LogP contribution in [0.3, 0.4) is 0 Å². The van der Waals surface area contributed by atoms with Crippen molar-refractivity contribution in [3.05, 3.63) is 101 Å². The maximum atomic E-state index is 13.2. The molecule has 1 aliphatic heterocycles. The normalized spacial score (nSPS) is 16.5. The van der Waals surface area contributed by atoms with Crippen molar-refractivity contribution in [3.63, 3.8) is 0 Å². The van der Waals surface area contributed by atoms with Crippen LogP contribution in [0.2, 0.25) is 0 Å². The second-order valence-electron chi connectivity index (χ2n) is 7.87. The zero-order valence-electron chi connectivity index (χ0n) is 17.5. The van der Waals surface area contributed by atoms with Gasteiger partial charge in [-0.15, -0.1) is 0 Å². The molecule has 3 aromatic carbocycles. The van der Waals surface area contributed by atoms with Gasteiger partial charge in [0.1, 0.15) is 0 Å². The van der Waals surface area contributed by atoms with E-state index in [1.807, 2.05) is 61.5 Å². The summed E-state index contributed by atoms with van der Waals surface area (Å²) < 4.78 is 26.3. The maximum Gasteiger partial charge on any atom is 0.252 e. The SMILES string of the molecule is Cc1ccc(C(NC(=O)c2cccc(N3CCCCS3(=O)=O)c2)c2ccccc2)cc1. The highest BCUT2D eigenvalue weighted by Gasteiger charge is 2.26. The Bertz CT molecular complexity index is 1160. The third kappa shape index (κ3) is 4.80. The highest BCUT2D eigenvalue weighted by molar-refractivity contribution is 7.92. The standard InChI is InChI=1S/C25H26N2O3S/c1-19-12-14-21(15-13-19)24(20-8-3-2-4-9-20)26-25(28)22-10-7-11-23(18-22)27-16-5-6-17-31(27,29)30/h2-4,7-15,18,24H,5-6,16-17H2,1H3,(H,26,28). The average Bonchev–Trinajstić information content (AvgIpc) is 2.78. The van der Waals surface area contributed by atoms with Gasteiger partial charge >= 0.3 is 0 Å². The second kappa shape index (κ2) is 8.94. The molecule has 1 aliphatic rings. The Balaban J connectivity index is 1.63. The number of benzene rings is 3. The van der Waals surface area contributed by atoms with Gasteiger partial charge in [0.2, 0.25) is 10.0 Å². The minimum Gasteiger partial charge on any atom is -0.341 e. The van der Waals surface area contributed by atoms with Gasteiger partial charge in [-0.2, -0.15) is 0 Å². The van der Waals surface area contributed by atoms with Crippen molar-refractivity contribution in [3.8, 4) is 0 Å². The Hall–Kier alpha value is -3.12. The van der Waals surface area contributed by atoms with E-state index in [1.54, 1.807) is 24.3 Å². The van der Waals surface area contributed by atoms with Crippen LogP contribution in [0.5, 0.6) is 0 Å². The van der Waals surface area contributed by atoms with E-state index in [-0.39, 0.29) is 17.7 Å². The molecule has 0 radical (unpaired) electrons. The number of rotatable bonds is 5. The van der Waals surface area contributed by atoms with E-state index < -0.39 is 10.0 Å². The molecule has 0 aromatic heterocycles. The zero-order chi connectivity index (χ0) is 21.8. The van der Waals surface area contributed by atoms with E-state index in [9.17, 15) is 13.2 Å². The maximum absolute atomic E-state index is 13.2.